The molecule has 21 heavy (non-hydrogen) atoms. The minimum Gasteiger partial charge on any atom is -0.478 e. The topological polar surface area (TPSA) is 50.2 Å². The van der Waals surface area contributed by atoms with E-state index in [1.807, 2.05) is 0 Å². The Labute approximate surface area is 129 Å². The van der Waals surface area contributed by atoms with Gasteiger partial charge in [0.15, 0.2) is 0 Å². The van der Waals surface area contributed by atoms with Gasteiger partial charge < -0.3 is 5.11 Å². The molecule has 0 bridgehead atoms. The number of carboxylic acids is 1. The summed E-state index contributed by atoms with van der Waals surface area (Å²) in [5.74, 6) is -0.129. The van der Waals surface area contributed by atoms with Gasteiger partial charge in [0.25, 0.3) is 0 Å². The molecule has 0 fully saturated rings. The Morgan fingerprint density at radius 1 is 1.43 bits per heavy atom. The van der Waals surface area contributed by atoms with Crippen LogP contribution >= 0.6 is 11.6 Å². The van der Waals surface area contributed by atoms with Gasteiger partial charge in [-0.2, -0.15) is 0 Å². The first-order valence-corrected chi connectivity index (χ1v) is 7.72. The second-order valence-electron chi connectivity index (χ2n) is 6.03. The van der Waals surface area contributed by atoms with Crippen molar-refractivity contribution in [3.63, 3.8) is 0 Å². The molecule has 4 heteroatoms. The summed E-state index contributed by atoms with van der Waals surface area (Å²) in [5.41, 5.74) is 2.85. The van der Waals surface area contributed by atoms with Gasteiger partial charge in [-0.3, -0.25) is 4.98 Å². The van der Waals surface area contributed by atoms with E-state index >= 15 is 0 Å². The zero-order valence-corrected chi connectivity index (χ0v) is 12.9. The van der Waals surface area contributed by atoms with Crippen LogP contribution in [0.4, 0.5) is 0 Å². The average Bonchev–Trinajstić information content (AvgIpc) is 2.44. The predicted molar refractivity (Wildman–Crippen MR) is 84.2 cm³/mol. The molecular weight excluding hydrogens is 286 g/mol. The first-order chi connectivity index (χ1) is 10.0. The maximum atomic E-state index is 11.8. The lowest BCUT2D eigenvalue weighted by Gasteiger charge is -2.29. The number of carbonyl (C=O) groups is 1. The van der Waals surface area contributed by atoms with Gasteiger partial charge in [0, 0.05) is 17.0 Å². The number of hydrogen-bond acceptors (Lipinski definition) is 2. The number of aromatic nitrogens is 1. The fourth-order valence-corrected chi connectivity index (χ4v) is 3.61. The lowest BCUT2D eigenvalue weighted by atomic mass is 9.78. The molecule has 2 aromatic rings. The van der Waals surface area contributed by atoms with E-state index < -0.39 is 5.97 Å². The lowest BCUT2D eigenvalue weighted by Crippen LogP contribution is -2.20. The molecule has 0 amide bonds. The Balaban J connectivity index is 2.40. The van der Waals surface area contributed by atoms with Crippen molar-refractivity contribution in [3.05, 3.63) is 40.0 Å². The second kappa shape index (κ2) is 5.30. The summed E-state index contributed by atoms with van der Waals surface area (Å²) in [4.78, 5) is 16.6. The van der Waals surface area contributed by atoms with Crippen LogP contribution in [0.2, 0.25) is 5.02 Å². The Kier molecular flexibility index (Phi) is 3.62. The molecule has 0 radical (unpaired) electrons. The molecule has 1 aliphatic carbocycles. The van der Waals surface area contributed by atoms with E-state index in [4.69, 9.17) is 16.6 Å². The Morgan fingerprint density at radius 2 is 2.19 bits per heavy atom. The maximum Gasteiger partial charge on any atom is 0.336 e. The van der Waals surface area contributed by atoms with E-state index in [9.17, 15) is 9.90 Å². The molecule has 1 heterocycles. The largest absolute Gasteiger partial charge is 0.478 e. The first kappa shape index (κ1) is 14.3. The van der Waals surface area contributed by atoms with Gasteiger partial charge in [0.05, 0.1) is 16.1 Å². The molecule has 1 N–H and O–H groups in total. The van der Waals surface area contributed by atoms with Crippen molar-refractivity contribution in [2.75, 3.05) is 0 Å². The highest BCUT2D eigenvalue weighted by molar-refractivity contribution is 6.35. The molecular formula is C17H18ClNO2. The van der Waals surface area contributed by atoms with Crippen molar-refractivity contribution >= 4 is 28.5 Å². The number of hydrogen-bond donors (Lipinski definition) is 1. The molecule has 0 saturated carbocycles. The third-order valence-electron chi connectivity index (χ3n) is 4.41. The van der Waals surface area contributed by atoms with Crippen LogP contribution in [0.25, 0.3) is 10.9 Å². The normalized spacial score (nSPS) is 18.0. The molecule has 0 aliphatic heterocycles. The van der Waals surface area contributed by atoms with Gasteiger partial charge in [-0.1, -0.05) is 37.6 Å². The van der Waals surface area contributed by atoms with Gasteiger partial charge in [-0.25, -0.2) is 4.79 Å². The summed E-state index contributed by atoms with van der Waals surface area (Å²) in [6.45, 7) is 4.33. The zero-order chi connectivity index (χ0) is 15.1. The summed E-state index contributed by atoms with van der Waals surface area (Å²) < 4.78 is 0. The van der Waals surface area contributed by atoms with Crippen LogP contribution in [0.5, 0.6) is 0 Å². The minimum atomic E-state index is -0.884. The van der Waals surface area contributed by atoms with E-state index in [0.29, 0.717) is 33.3 Å². The molecule has 3 rings (SSSR count). The van der Waals surface area contributed by atoms with E-state index in [2.05, 4.69) is 13.8 Å². The summed E-state index contributed by atoms with van der Waals surface area (Å²) in [7, 11) is 0. The van der Waals surface area contributed by atoms with Gasteiger partial charge in [-0.15, -0.1) is 0 Å². The first-order valence-electron chi connectivity index (χ1n) is 7.35. The number of rotatable bonds is 2. The molecule has 110 valence electrons. The summed E-state index contributed by atoms with van der Waals surface area (Å²) in [6, 6.07) is 5.35. The van der Waals surface area contributed by atoms with Crippen LogP contribution in [0.1, 0.15) is 54.2 Å². The highest BCUT2D eigenvalue weighted by Crippen LogP contribution is 2.40. The Bertz CT molecular complexity index is 724. The van der Waals surface area contributed by atoms with Crippen molar-refractivity contribution in [2.24, 2.45) is 5.92 Å². The molecule has 0 spiro atoms. The van der Waals surface area contributed by atoms with Crippen molar-refractivity contribution in [1.82, 2.24) is 4.98 Å². The molecule has 1 unspecified atom stereocenters. The van der Waals surface area contributed by atoms with Crippen LogP contribution in [0, 0.1) is 5.92 Å². The van der Waals surface area contributed by atoms with Crippen molar-refractivity contribution in [2.45, 2.75) is 39.0 Å². The predicted octanol–water partition coefficient (Wildman–Crippen LogP) is 4.66. The summed E-state index contributed by atoms with van der Waals surface area (Å²) in [5, 5.41) is 10.9. The fourth-order valence-electron chi connectivity index (χ4n) is 3.40. The highest BCUT2D eigenvalue weighted by atomic mass is 35.5. The number of carboxylic acid groups (broad SMARTS) is 1. The highest BCUT2D eigenvalue weighted by Gasteiger charge is 2.30. The summed E-state index contributed by atoms with van der Waals surface area (Å²) >= 11 is 6.25. The van der Waals surface area contributed by atoms with Gasteiger partial charge in [0.2, 0.25) is 0 Å². The third kappa shape index (κ3) is 2.30. The standard InChI is InChI=1S/C17H18ClNO2/c1-9(2)10-5-3-6-11-14(17(20)21)12-7-4-8-13(18)16(12)19-15(10)11/h4,7-10H,3,5-6H2,1-2H3,(H,20,21). The average molecular weight is 304 g/mol. The van der Waals surface area contributed by atoms with Crippen LogP contribution in [0.15, 0.2) is 18.2 Å². The van der Waals surface area contributed by atoms with Gasteiger partial charge in [0.1, 0.15) is 0 Å². The number of para-hydroxylation sites is 1. The Morgan fingerprint density at radius 3 is 2.86 bits per heavy atom. The van der Waals surface area contributed by atoms with Crippen LogP contribution in [0.3, 0.4) is 0 Å². The van der Waals surface area contributed by atoms with Gasteiger partial charge >= 0.3 is 5.97 Å². The fraction of sp³-hybridized carbons (Fsp3) is 0.412. The molecule has 1 aromatic heterocycles. The van der Waals surface area contributed by atoms with Crippen molar-refractivity contribution in [3.8, 4) is 0 Å². The maximum absolute atomic E-state index is 11.8. The Hall–Kier alpha value is -1.61. The van der Waals surface area contributed by atoms with E-state index in [0.717, 1.165) is 30.5 Å². The SMILES string of the molecule is CC(C)C1CCCc2c1nc1c(Cl)cccc1c2C(=O)O. The van der Waals surface area contributed by atoms with Crippen molar-refractivity contribution < 1.29 is 9.90 Å². The number of pyridine rings is 1. The number of benzene rings is 1. The molecule has 1 aliphatic rings. The quantitative estimate of drug-likeness (QED) is 0.877. The minimum absolute atomic E-state index is 0.313. The molecule has 3 nitrogen and oxygen atoms in total. The smallest absolute Gasteiger partial charge is 0.336 e. The van der Waals surface area contributed by atoms with Crippen molar-refractivity contribution in [1.29, 1.82) is 0 Å². The van der Waals surface area contributed by atoms with Crippen LogP contribution < -0.4 is 0 Å². The second-order valence-corrected chi connectivity index (χ2v) is 6.44. The van der Waals surface area contributed by atoms with Crippen LogP contribution in [-0.4, -0.2) is 16.1 Å². The number of nitrogens with zero attached hydrogens (tertiary/aromatic N) is 1. The van der Waals surface area contributed by atoms with E-state index in [1.54, 1.807) is 18.2 Å². The molecule has 1 atom stereocenters. The lowest BCUT2D eigenvalue weighted by molar-refractivity contribution is 0.0697. The monoisotopic (exact) mass is 303 g/mol. The number of fused-ring (bicyclic) bond motifs is 2. The van der Waals surface area contributed by atoms with Crippen LogP contribution in [-0.2, 0) is 6.42 Å². The van der Waals surface area contributed by atoms with Gasteiger partial charge in [-0.05, 0) is 36.8 Å². The summed E-state index contributed by atoms with van der Waals surface area (Å²) in [6.07, 6.45) is 2.87. The molecule has 0 saturated heterocycles. The van der Waals surface area contributed by atoms with E-state index in [-0.39, 0.29) is 0 Å². The number of aromatic carboxylic acids is 1. The third-order valence-corrected chi connectivity index (χ3v) is 4.72. The zero-order valence-electron chi connectivity index (χ0n) is 12.2. The molecule has 1 aromatic carbocycles. The van der Waals surface area contributed by atoms with E-state index in [1.165, 1.54) is 0 Å². The number of halogens is 1.